The van der Waals surface area contributed by atoms with Crippen molar-refractivity contribution in [2.24, 2.45) is 0 Å². The van der Waals surface area contributed by atoms with Crippen LogP contribution < -0.4 is 4.74 Å². The molecule has 1 aromatic rings. The molecule has 0 bridgehead atoms. The molecule has 0 radical (unpaired) electrons. The van der Waals surface area contributed by atoms with Gasteiger partial charge in [-0.2, -0.15) is 0 Å². The number of amides is 1. The van der Waals surface area contributed by atoms with E-state index in [1.165, 1.54) is 17.0 Å². The lowest BCUT2D eigenvalue weighted by molar-refractivity contribution is -0.132. The van der Waals surface area contributed by atoms with E-state index in [0.29, 0.717) is 19.5 Å². The molecule has 5 heteroatoms. The summed E-state index contributed by atoms with van der Waals surface area (Å²) in [6, 6.07) is 5.95. The highest BCUT2D eigenvalue weighted by Crippen LogP contribution is 2.16. The fourth-order valence-electron chi connectivity index (χ4n) is 1.76. The minimum atomic E-state index is -0.484. The van der Waals surface area contributed by atoms with E-state index in [0.717, 1.165) is 0 Å². The largest absolute Gasteiger partial charge is 0.481 e. The van der Waals surface area contributed by atoms with Crippen molar-refractivity contribution in [2.75, 3.05) is 19.7 Å². The van der Waals surface area contributed by atoms with Crippen molar-refractivity contribution in [1.82, 2.24) is 4.90 Å². The normalized spacial score (nSPS) is 19.4. The number of hydrogen-bond donors (Lipinski definition) is 1. The number of nitrogens with zero attached hydrogens (tertiary/aromatic N) is 1. The molecule has 2 rings (SSSR count). The molecule has 0 saturated carbocycles. The van der Waals surface area contributed by atoms with Gasteiger partial charge in [-0.15, -0.1) is 0 Å². The van der Waals surface area contributed by atoms with Gasteiger partial charge < -0.3 is 14.7 Å². The molecule has 1 atom stereocenters. The van der Waals surface area contributed by atoms with Crippen LogP contribution in [0.25, 0.3) is 0 Å². The summed E-state index contributed by atoms with van der Waals surface area (Å²) in [6.07, 6.45) is 0.137. The third-order valence-corrected chi connectivity index (χ3v) is 2.70. The highest BCUT2D eigenvalue weighted by atomic mass is 19.1. The SMILES string of the molecule is O=C(COc1ccccc1F)N1CCC(O)C1. The maximum absolute atomic E-state index is 13.2. The third-order valence-electron chi connectivity index (χ3n) is 2.70. The number of hydrogen-bond acceptors (Lipinski definition) is 3. The van der Waals surface area contributed by atoms with Crippen LogP contribution in [0.3, 0.4) is 0 Å². The van der Waals surface area contributed by atoms with E-state index in [1.807, 2.05) is 0 Å². The van der Waals surface area contributed by atoms with Crippen LogP contribution in [0.5, 0.6) is 5.75 Å². The number of likely N-dealkylation sites (tertiary alicyclic amines) is 1. The molecular formula is C12H14FNO3. The standard InChI is InChI=1S/C12H14FNO3/c13-10-3-1-2-4-11(10)17-8-12(16)14-6-5-9(15)7-14/h1-4,9,15H,5-8H2. The summed E-state index contributed by atoms with van der Waals surface area (Å²) in [6.45, 7) is 0.660. The Kier molecular flexibility index (Phi) is 3.58. The molecule has 0 spiro atoms. The van der Waals surface area contributed by atoms with E-state index in [9.17, 15) is 14.3 Å². The average molecular weight is 239 g/mol. The second kappa shape index (κ2) is 5.14. The van der Waals surface area contributed by atoms with Crippen molar-refractivity contribution >= 4 is 5.91 Å². The van der Waals surface area contributed by atoms with Gasteiger partial charge in [0, 0.05) is 13.1 Å². The van der Waals surface area contributed by atoms with Crippen LogP contribution in [0.4, 0.5) is 4.39 Å². The van der Waals surface area contributed by atoms with E-state index in [-0.39, 0.29) is 18.3 Å². The number of aliphatic hydroxyl groups excluding tert-OH is 1. The molecule has 1 saturated heterocycles. The number of carbonyl (C=O) groups excluding carboxylic acids is 1. The number of β-amino-alcohol motifs (C(OH)–C–C–N with tert-alkyl or cyclic N) is 1. The van der Waals surface area contributed by atoms with E-state index >= 15 is 0 Å². The molecule has 1 aliphatic heterocycles. The van der Waals surface area contributed by atoms with Crippen molar-refractivity contribution in [1.29, 1.82) is 0 Å². The zero-order valence-electron chi connectivity index (χ0n) is 9.30. The van der Waals surface area contributed by atoms with Crippen LogP contribution in [0.1, 0.15) is 6.42 Å². The first-order valence-electron chi connectivity index (χ1n) is 5.50. The molecule has 1 aliphatic rings. The lowest BCUT2D eigenvalue weighted by atomic mass is 10.3. The molecule has 0 aliphatic carbocycles. The van der Waals surface area contributed by atoms with Gasteiger partial charge in [0.15, 0.2) is 18.2 Å². The minimum absolute atomic E-state index is 0.0700. The summed E-state index contributed by atoms with van der Waals surface area (Å²) >= 11 is 0. The molecule has 1 unspecified atom stereocenters. The van der Waals surface area contributed by atoms with Gasteiger partial charge in [-0.25, -0.2) is 4.39 Å². The molecule has 17 heavy (non-hydrogen) atoms. The van der Waals surface area contributed by atoms with Crippen molar-refractivity contribution in [2.45, 2.75) is 12.5 Å². The second-order valence-electron chi connectivity index (χ2n) is 4.00. The van der Waals surface area contributed by atoms with E-state index in [1.54, 1.807) is 12.1 Å². The number of ether oxygens (including phenoxy) is 1. The fraction of sp³-hybridized carbons (Fsp3) is 0.417. The molecule has 0 aromatic heterocycles. The van der Waals surface area contributed by atoms with Gasteiger partial charge in [-0.05, 0) is 18.6 Å². The second-order valence-corrected chi connectivity index (χ2v) is 4.00. The molecular weight excluding hydrogens is 225 g/mol. The van der Waals surface area contributed by atoms with E-state index in [4.69, 9.17) is 4.74 Å². The summed E-state index contributed by atoms with van der Waals surface area (Å²) in [7, 11) is 0. The minimum Gasteiger partial charge on any atom is -0.481 e. The van der Waals surface area contributed by atoms with E-state index in [2.05, 4.69) is 0 Å². The van der Waals surface area contributed by atoms with Crippen LogP contribution in [-0.4, -0.2) is 41.7 Å². The van der Waals surface area contributed by atoms with Gasteiger partial charge in [0.25, 0.3) is 5.91 Å². The van der Waals surface area contributed by atoms with Gasteiger partial charge in [0.1, 0.15) is 0 Å². The average Bonchev–Trinajstić information content (AvgIpc) is 2.74. The zero-order valence-corrected chi connectivity index (χ0v) is 9.30. The van der Waals surface area contributed by atoms with Crippen molar-refractivity contribution in [3.05, 3.63) is 30.1 Å². The predicted molar refractivity (Wildman–Crippen MR) is 59.1 cm³/mol. The number of para-hydroxylation sites is 1. The van der Waals surface area contributed by atoms with Crippen LogP contribution in [0.2, 0.25) is 0 Å². The topological polar surface area (TPSA) is 49.8 Å². The first kappa shape index (κ1) is 11.9. The Morgan fingerprint density at radius 1 is 1.53 bits per heavy atom. The van der Waals surface area contributed by atoms with Crippen LogP contribution in [0.15, 0.2) is 24.3 Å². The highest BCUT2D eigenvalue weighted by Gasteiger charge is 2.24. The molecule has 1 aromatic carbocycles. The number of benzene rings is 1. The van der Waals surface area contributed by atoms with Crippen LogP contribution in [-0.2, 0) is 4.79 Å². The molecule has 1 N–H and O–H groups in total. The Hall–Kier alpha value is -1.62. The van der Waals surface area contributed by atoms with E-state index < -0.39 is 11.9 Å². The van der Waals surface area contributed by atoms with Gasteiger partial charge in [-0.1, -0.05) is 12.1 Å². The zero-order chi connectivity index (χ0) is 12.3. The van der Waals surface area contributed by atoms with Crippen molar-refractivity contribution in [3.8, 4) is 5.75 Å². The maximum atomic E-state index is 13.2. The monoisotopic (exact) mass is 239 g/mol. The number of carbonyl (C=O) groups is 1. The smallest absolute Gasteiger partial charge is 0.260 e. The van der Waals surface area contributed by atoms with Crippen LogP contribution >= 0.6 is 0 Å². The van der Waals surface area contributed by atoms with Gasteiger partial charge in [0.2, 0.25) is 0 Å². The Morgan fingerprint density at radius 2 is 2.29 bits per heavy atom. The Morgan fingerprint density at radius 3 is 2.94 bits per heavy atom. The third kappa shape index (κ3) is 2.94. The van der Waals surface area contributed by atoms with Gasteiger partial charge in [0.05, 0.1) is 6.10 Å². The summed E-state index contributed by atoms with van der Waals surface area (Å²) in [5.74, 6) is -0.646. The van der Waals surface area contributed by atoms with Crippen molar-refractivity contribution in [3.63, 3.8) is 0 Å². The molecule has 92 valence electrons. The highest BCUT2D eigenvalue weighted by molar-refractivity contribution is 5.78. The van der Waals surface area contributed by atoms with Gasteiger partial charge >= 0.3 is 0 Å². The molecule has 1 fully saturated rings. The Bertz CT molecular complexity index is 410. The molecule has 4 nitrogen and oxygen atoms in total. The number of aliphatic hydroxyl groups is 1. The Labute approximate surface area is 98.6 Å². The fourth-order valence-corrected chi connectivity index (χ4v) is 1.76. The van der Waals surface area contributed by atoms with Gasteiger partial charge in [-0.3, -0.25) is 4.79 Å². The summed E-state index contributed by atoms with van der Waals surface area (Å²) in [4.78, 5) is 13.2. The number of halogens is 1. The lowest BCUT2D eigenvalue weighted by Crippen LogP contribution is -2.33. The summed E-state index contributed by atoms with van der Waals surface area (Å²) in [5.41, 5.74) is 0. The first-order chi connectivity index (χ1) is 8.16. The quantitative estimate of drug-likeness (QED) is 0.848. The van der Waals surface area contributed by atoms with Crippen molar-refractivity contribution < 1.29 is 19.0 Å². The van der Waals surface area contributed by atoms with Crippen LogP contribution in [0, 0.1) is 5.82 Å². The number of rotatable bonds is 3. The summed E-state index contributed by atoms with van der Waals surface area (Å²) in [5, 5.41) is 9.28. The molecule has 1 heterocycles. The Balaban J connectivity index is 1.86. The lowest BCUT2D eigenvalue weighted by Gasteiger charge is -2.15. The first-order valence-corrected chi connectivity index (χ1v) is 5.50. The predicted octanol–water partition coefficient (Wildman–Crippen LogP) is 0.798. The summed E-state index contributed by atoms with van der Waals surface area (Å²) < 4.78 is 18.3. The molecule has 1 amide bonds. The maximum Gasteiger partial charge on any atom is 0.260 e.